The van der Waals surface area contributed by atoms with Crippen molar-refractivity contribution in [1.82, 2.24) is 23.7 Å². The molecule has 4 heterocycles. The summed E-state index contributed by atoms with van der Waals surface area (Å²) in [5.74, 6) is 1.65. The number of para-hydroxylation sites is 3. The van der Waals surface area contributed by atoms with Crippen molar-refractivity contribution in [3.63, 3.8) is 0 Å². The molecule has 0 amide bonds. The van der Waals surface area contributed by atoms with Crippen LogP contribution >= 0.6 is 0 Å². The molecule has 0 fully saturated rings. The Morgan fingerprint density at radius 1 is 0.704 bits per heavy atom. The first-order chi connectivity index (χ1) is 26.8. The molecule has 3 aromatic heterocycles. The third-order valence-electron chi connectivity index (χ3n) is 9.70. The van der Waals surface area contributed by atoms with Gasteiger partial charge >= 0.3 is 27.1 Å². The van der Waals surface area contributed by atoms with Gasteiger partial charge in [-0.2, -0.15) is 6.07 Å². The Hall–Kier alpha value is -5.15. The van der Waals surface area contributed by atoms with E-state index in [1.54, 1.807) is 15.3 Å². The molecule has 4 aromatic carbocycles. The molecule has 0 unspecified atom stereocenters. The Balaban J connectivity index is 0.00000512. The molecular weight excluding hydrogens is 846 g/mol. The van der Waals surface area contributed by atoms with E-state index in [0.717, 1.165) is 50.0 Å². The SMILES string of the molecule is [2H]c1c([2H])c([2H])c2c(c1[2H])[N+](c1[c-]c(Oc3[c-]c4c(cc3)c3ccncc3n4-c3cc(C(C)(C)C)ccn3)cc(C(C)(C)C)c1)=C=[N+]2c1ccccc1C(C)(C)C.[Pt+2]. The molecule has 0 radical (unpaired) electrons. The van der Waals surface area contributed by atoms with Crippen molar-refractivity contribution < 1.29 is 31.3 Å². The van der Waals surface area contributed by atoms with Crippen LogP contribution in [-0.2, 0) is 37.3 Å². The van der Waals surface area contributed by atoms with Crippen LogP contribution in [0.4, 0.5) is 22.7 Å². The molecule has 0 bridgehead atoms. The van der Waals surface area contributed by atoms with E-state index in [0.29, 0.717) is 22.9 Å². The second-order valence-electron chi connectivity index (χ2n) is 16.7. The summed E-state index contributed by atoms with van der Waals surface area (Å²) in [4.78, 5) is 9.25. The molecule has 0 spiro atoms. The first kappa shape index (κ1) is 32.3. The summed E-state index contributed by atoms with van der Waals surface area (Å²) in [6.07, 6.45) is 5.48. The van der Waals surface area contributed by atoms with Crippen LogP contribution in [0.1, 0.15) is 84.5 Å². The Kier molecular flexibility index (Phi) is 8.14. The molecule has 0 N–H and O–H groups in total. The number of rotatable bonds is 5. The number of nitrogens with zero attached hydrogens (tertiary/aromatic N) is 5. The van der Waals surface area contributed by atoms with Crippen LogP contribution in [0.5, 0.6) is 11.5 Å². The van der Waals surface area contributed by atoms with Gasteiger partial charge in [0.1, 0.15) is 11.5 Å². The van der Waals surface area contributed by atoms with Crippen LogP contribution in [0.3, 0.4) is 0 Å². The monoisotopic (exact) mass is 894 g/mol. The van der Waals surface area contributed by atoms with Crippen molar-refractivity contribution in [3.8, 4) is 17.3 Å². The third kappa shape index (κ3) is 6.74. The summed E-state index contributed by atoms with van der Waals surface area (Å²) in [5.41, 5.74) is 6.03. The van der Waals surface area contributed by atoms with Crippen LogP contribution < -0.4 is 13.9 Å². The first-order valence-corrected chi connectivity index (χ1v) is 17.9. The van der Waals surface area contributed by atoms with Crippen molar-refractivity contribution in [1.29, 1.82) is 0 Å². The van der Waals surface area contributed by atoms with Gasteiger partial charge in [0.05, 0.1) is 17.2 Å². The van der Waals surface area contributed by atoms with E-state index in [2.05, 4.69) is 96.1 Å². The zero-order valence-corrected chi connectivity index (χ0v) is 34.3. The summed E-state index contributed by atoms with van der Waals surface area (Å²) in [6.45, 7) is 19.2. The van der Waals surface area contributed by atoms with Crippen molar-refractivity contribution in [2.45, 2.75) is 78.6 Å². The predicted molar refractivity (Wildman–Crippen MR) is 217 cm³/mol. The number of hydrogen-bond acceptors (Lipinski definition) is 3. The Morgan fingerprint density at radius 2 is 1.43 bits per heavy atom. The standard InChI is InChI=1S/C47H45N5O.Pt/c1-45(2,3)31-20-23-49-44(26-31)52-42-28-34(18-19-36(42)37-21-22-48-29-43(37)52)53-35-25-32(46(4,5)6)24-33(27-35)50-30-51(41-17-13-12-16-40(41)50)39-15-11-10-14-38(39)47(7,8)9;/h10-26,29H,1-9H3;/q;+2/i12D,13D,16D,17D;. The minimum atomic E-state index is -0.324. The molecule has 7 heteroatoms. The third-order valence-corrected chi connectivity index (χ3v) is 9.70. The maximum Gasteiger partial charge on any atom is 2.00 e. The van der Waals surface area contributed by atoms with Crippen LogP contribution in [-0.4, -0.2) is 20.5 Å². The smallest absolute Gasteiger partial charge is 0.509 e. The molecule has 6 nitrogen and oxygen atoms in total. The molecule has 0 saturated carbocycles. The quantitative estimate of drug-likeness (QED) is 0.128. The molecule has 0 aliphatic carbocycles. The van der Waals surface area contributed by atoms with Gasteiger partial charge in [-0.1, -0.05) is 115 Å². The van der Waals surface area contributed by atoms with Crippen molar-refractivity contribution >= 4 is 50.6 Å². The number of benzene rings is 4. The molecule has 0 saturated heterocycles. The molecule has 272 valence electrons. The average molecular weight is 895 g/mol. The summed E-state index contributed by atoms with van der Waals surface area (Å²) in [6, 6.07) is 31.4. The van der Waals surface area contributed by atoms with Gasteiger partial charge in [0.2, 0.25) is 5.69 Å². The van der Waals surface area contributed by atoms with Crippen LogP contribution in [0.25, 0.3) is 27.6 Å². The van der Waals surface area contributed by atoms with E-state index in [1.165, 1.54) is 0 Å². The molecule has 54 heavy (non-hydrogen) atoms. The molecule has 1 aliphatic rings. The fraction of sp³-hybridized carbons (Fsp3) is 0.255. The van der Waals surface area contributed by atoms with E-state index in [-0.39, 0.29) is 67.2 Å². The van der Waals surface area contributed by atoms with Crippen molar-refractivity contribution in [3.05, 3.63) is 138 Å². The molecule has 0 atom stereocenters. The first-order valence-electron chi connectivity index (χ1n) is 19.9. The maximum absolute atomic E-state index is 9.13. The minimum Gasteiger partial charge on any atom is -0.509 e. The van der Waals surface area contributed by atoms with E-state index in [4.69, 9.17) is 15.2 Å². The number of fused-ring (bicyclic) bond motifs is 4. The Bertz CT molecular complexity index is 2870. The zero-order chi connectivity index (χ0) is 40.8. The minimum absolute atomic E-state index is 0. The number of aromatic nitrogens is 3. The van der Waals surface area contributed by atoms with Gasteiger partial charge in [0, 0.05) is 47.6 Å². The molecule has 7 aromatic rings. The molecule has 1 aliphatic heterocycles. The van der Waals surface area contributed by atoms with Gasteiger partial charge in [0.15, 0.2) is 0 Å². The number of hydrogen-bond donors (Lipinski definition) is 0. The summed E-state index contributed by atoms with van der Waals surface area (Å²) in [5, 5.41) is 2.01. The van der Waals surface area contributed by atoms with Gasteiger partial charge in [-0.3, -0.25) is 4.98 Å². The normalized spacial score (nSPS) is 14.1. The second kappa shape index (κ2) is 13.6. The summed E-state index contributed by atoms with van der Waals surface area (Å²) < 4.78 is 47.7. The summed E-state index contributed by atoms with van der Waals surface area (Å²) >= 11 is 0. The van der Waals surface area contributed by atoms with E-state index in [1.807, 2.05) is 73.1 Å². The summed E-state index contributed by atoms with van der Waals surface area (Å²) in [7, 11) is 0. The van der Waals surface area contributed by atoms with E-state index in [9.17, 15) is 0 Å². The van der Waals surface area contributed by atoms with Gasteiger partial charge in [-0.05, 0) is 50.0 Å². The topological polar surface area (TPSA) is 46.0 Å². The zero-order valence-electron chi connectivity index (χ0n) is 36.0. The van der Waals surface area contributed by atoms with Crippen molar-refractivity contribution in [2.75, 3.05) is 0 Å². The van der Waals surface area contributed by atoms with Gasteiger partial charge in [-0.25, -0.2) is 4.98 Å². The Morgan fingerprint density at radius 3 is 2.15 bits per heavy atom. The van der Waals surface area contributed by atoms with Gasteiger partial charge < -0.3 is 9.30 Å². The van der Waals surface area contributed by atoms with Crippen LogP contribution in [0, 0.1) is 12.1 Å². The molecule has 8 rings (SSSR count). The maximum atomic E-state index is 9.13. The van der Waals surface area contributed by atoms with Crippen LogP contribution in [0.15, 0.2) is 109 Å². The number of ether oxygens (including phenoxy) is 1. The van der Waals surface area contributed by atoms with E-state index >= 15 is 0 Å². The van der Waals surface area contributed by atoms with Crippen molar-refractivity contribution in [2.24, 2.45) is 0 Å². The predicted octanol–water partition coefficient (Wildman–Crippen LogP) is 11.7. The fourth-order valence-corrected chi connectivity index (χ4v) is 6.80. The molecular formula is C47H45N5OPt+2. The largest absolute Gasteiger partial charge is 2.00 e. The average Bonchev–Trinajstić information content (AvgIpc) is 3.72. The van der Waals surface area contributed by atoms with E-state index < -0.39 is 0 Å². The second-order valence-corrected chi connectivity index (χ2v) is 16.7. The number of pyridine rings is 2. The Labute approximate surface area is 338 Å². The van der Waals surface area contributed by atoms with Gasteiger partial charge in [-0.15, -0.1) is 29.1 Å². The fourth-order valence-electron chi connectivity index (χ4n) is 6.80. The van der Waals surface area contributed by atoms with Crippen LogP contribution in [0.2, 0.25) is 0 Å². The van der Waals surface area contributed by atoms with Gasteiger partial charge in [0.25, 0.3) is 11.4 Å².